The second kappa shape index (κ2) is 7.13. The van der Waals surface area contributed by atoms with E-state index in [1.54, 1.807) is 0 Å². The average Bonchev–Trinajstić information content (AvgIpc) is 2.66. The van der Waals surface area contributed by atoms with Gasteiger partial charge in [-0.1, -0.05) is 30.3 Å². The molecule has 0 saturated carbocycles. The monoisotopic (exact) mass is 249 g/mol. The van der Waals surface area contributed by atoms with Gasteiger partial charge in [-0.15, -0.1) is 0 Å². The van der Waals surface area contributed by atoms with Gasteiger partial charge in [0.05, 0.1) is 13.2 Å². The van der Waals surface area contributed by atoms with Crippen molar-refractivity contribution in [3.05, 3.63) is 35.9 Å². The van der Waals surface area contributed by atoms with Gasteiger partial charge in [-0.25, -0.2) is 0 Å². The van der Waals surface area contributed by atoms with Crippen molar-refractivity contribution < 1.29 is 14.3 Å². The molecule has 0 aliphatic carbocycles. The Balaban J connectivity index is 1.71. The lowest BCUT2D eigenvalue weighted by Crippen LogP contribution is -2.32. The molecule has 0 radical (unpaired) electrons. The summed E-state index contributed by atoms with van der Waals surface area (Å²) in [6.07, 6.45) is 0.978. The molecule has 0 bridgehead atoms. The molecule has 1 aromatic carbocycles. The fraction of sp³-hybridized carbons (Fsp3) is 0.500. The standard InChI is InChI=1S/C14H19NO3/c16-14(11-15-7-4-9-17-10-8-15)18-12-13-5-2-1-3-6-13/h1-3,5-6H,4,7-12H2. The summed E-state index contributed by atoms with van der Waals surface area (Å²) >= 11 is 0. The third-order valence-electron chi connectivity index (χ3n) is 2.91. The molecule has 0 amide bonds. The normalized spacial score (nSPS) is 17.1. The van der Waals surface area contributed by atoms with Crippen molar-refractivity contribution in [2.45, 2.75) is 13.0 Å². The van der Waals surface area contributed by atoms with Crippen molar-refractivity contribution in [1.82, 2.24) is 4.90 Å². The van der Waals surface area contributed by atoms with Crippen LogP contribution in [-0.4, -0.2) is 43.7 Å². The highest BCUT2D eigenvalue weighted by atomic mass is 16.5. The Bertz CT molecular complexity index is 359. The summed E-state index contributed by atoms with van der Waals surface area (Å²) in [6.45, 7) is 3.91. The van der Waals surface area contributed by atoms with E-state index in [1.165, 1.54) is 0 Å². The van der Waals surface area contributed by atoms with E-state index < -0.39 is 0 Å². The molecule has 1 heterocycles. The molecule has 0 spiro atoms. The smallest absolute Gasteiger partial charge is 0.320 e. The summed E-state index contributed by atoms with van der Waals surface area (Å²) in [6, 6.07) is 9.73. The molecule has 1 aromatic rings. The third kappa shape index (κ3) is 4.47. The first-order chi connectivity index (χ1) is 8.84. The Kier molecular flexibility index (Phi) is 5.17. The molecular formula is C14H19NO3. The number of hydrogen-bond acceptors (Lipinski definition) is 4. The number of nitrogens with zero attached hydrogens (tertiary/aromatic N) is 1. The van der Waals surface area contributed by atoms with Crippen molar-refractivity contribution in [3.8, 4) is 0 Å². The Hall–Kier alpha value is -1.39. The van der Waals surface area contributed by atoms with E-state index in [2.05, 4.69) is 4.90 Å². The number of rotatable bonds is 4. The zero-order chi connectivity index (χ0) is 12.6. The minimum Gasteiger partial charge on any atom is -0.460 e. The van der Waals surface area contributed by atoms with Crippen molar-refractivity contribution >= 4 is 5.97 Å². The van der Waals surface area contributed by atoms with E-state index in [-0.39, 0.29) is 5.97 Å². The molecule has 4 nitrogen and oxygen atoms in total. The summed E-state index contributed by atoms with van der Waals surface area (Å²) in [5.41, 5.74) is 1.02. The summed E-state index contributed by atoms with van der Waals surface area (Å²) < 4.78 is 10.6. The molecular weight excluding hydrogens is 230 g/mol. The zero-order valence-electron chi connectivity index (χ0n) is 10.5. The van der Waals surface area contributed by atoms with Crippen molar-refractivity contribution in [2.75, 3.05) is 32.8 Å². The highest BCUT2D eigenvalue weighted by Crippen LogP contribution is 2.03. The van der Waals surface area contributed by atoms with Crippen LogP contribution in [-0.2, 0) is 20.9 Å². The topological polar surface area (TPSA) is 38.8 Å². The predicted molar refractivity (Wildman–Crippen MR) is 68.1 cm³/mol. The number of benzene rings is 1. The average molecular weight is 249 g/mol. The molecule has 0 atom stereocenters. The van der Waals surface area contributed by atoms with Gasteiger partial charge in [-0.3, -0.25) is 9.69 Å². The lowest BCUT2D eigenvalue weighted by atomic mass is 10.2. The third-order valence-corrected chi connectivity index (χ3v) is 2.91. The SMILES string of the molecule is O=C(CN1CCCOCC1)OCc1ccccc1. The number of carbonyl (C=O) groups is 1. The van der Waals surface area contributed by atoms with Gasteiger partial charge in [0.15, 0.2) is 0 Å². The van der Waals surface area contributed by atoms with Gasteiger partial charge >= 0.3 is 5.97 Å². The summed E-state index contributed by atoms with van der Waals surface area (Å²) in [7, 11) is 0. The van der Waals surface area contributed by atoms with E-state index in [0.717, 1.165) is 31.7 Å². The van der Waals surface area contributed by atoms with E-state index in [1.807, 2.05) is 30.3 Å². The second-order valence-electron chi connectivity index (χ2n) is 4.39. The van der Waals surface area contributed by atoms with Gasteiger partial charge in [0.1, 0.15) is 6.61 Å². The molecule has 18 heavy (non-hydrogen) atoms. The maximum absolute atomic E-state index is 11.7. The van der Waals surface area contributed by atoms with Crippen LogP contribution in [0, 0.1) is 0 Å². The van der Waals surface area contributed by atoms with Crippen molar-refractivity contribution in [3.63, 3.8) is 0 Å². The van der Waals surface area contributed by atoms with Crippen LogP contribution < -0.4 is 0 Å². The molecule has 1 saturated heterocycles. The molecule has 0 aromatic heterocycles. The van der Waals surface area contributed by atoms with Gasteiger partial charge in [0.25, 0.3) is 0 Å². The number of carbonyl (C=O) groups excluding carboxylic acids is 1. The largest absolute Gasteiger partial charge is 0.460 e. The first-order valence-electron chi connectivity index (χ1n) is 6.34. The minimum atomic E-state index is -0.166. The lowest BCUT2D eigenvalue weighted by molar-refractivity contribution is -0.146. The Labute approximate surface area is 107 Å². The van der Waals surface area contributed by atoms with Crippen LogP contribution in [0.4, 0.5) is 0 Å². The van der Waals surface area contributed by atoms with Crippen LogP contribution >= 0.6 is 0 Å². The molecule has 1 fully saturated rings. The van der Waals surface area contributed by atoms with E-state index in [9.17, 15) is 4.79 Å². The van der Waals surface area contributed by atoms with Crippen LogP contribution in [0.3, 0.4) is 0 Å². The number of ether oxygens (including phenoxy) is 2. The first-order valence-corrected chi connectivity index (χ1v) is 6.34. The van der Waals surface area contributed by atoms with Crippen molar-refractivity contribution in [2.24, 2.45) is 0 Å². The van der Waals surface area contributed by atoms with Gasteiger partial charge in [-0.2, -0.15) is 0 Å². The van der Waals surface area contributed by atoms with Gasteiger partial charge in [0, 0.05) is 19.7 Å². The van der Waals surface area contributed by atoms with Crippen LogP contribution in [0.1, 0.15) is 12.0 Å². The first kappa shape index (κ1) is 13.1. The van der Waals surface area contributed by atoms with Gasteiger partial charge in [-0.05, 0) is 12.0 Å². The van der Waals surface area contributed by atoms with E-state index in [4.69, 9.17) is 9.47 Å². The molecule has 1 aliphatic heterocycles. The second-order valence-corrected chi connectivity index (χ2v) is 4.39. The van der Waals surface area contributed by atoms with E-state index in [0.29, 0.717) is 19.8 Å². The highest BCUT2D eigenvalue weighted by molar-refractivity contribution is 5.71. The molecule has 0 unspecified atom stereocenters. The quantitative estimate of drug-likeness (QED) is 0.757. The minimum absolute atomic E-state index is 0.166. The van der Waals surface area contributed by atoms with Crippen LogP contribution in [0.15, 0.2) is 30.3 Å². The summed E-state index contributed by atoms with van der Waals surface area (Å²) in [5, 5.41) is 0. The summed E-state index contributed by atoms with van der Waals surface area (Å²) in [5.74, 6) is -0.166. The number of hydrogen-bond donors (Lipinski definition) is 0. The lowest BCUT2D eigenvalue weighted by Gasteiger charge is -2.17. The van der Waals surface area contributed by atoms with Gasteiger partial charge < -0.3 is 9.47 Å². The maximum Gasteiger partial charge on any atom is 0.320 e. The zero-order valence-corrected chi connectivity index (χ0v) is 10.5. The molecule has 2 rings (SSSR count). The Morgan fingerprint density at radius 3 is 2.89 bits per heavy atom. The number of esters is 1. The predicted octanol–water partition coefficient (Wildman–Crippen LogP) is 1.45. The van der Waals surface area contributed by atoms with Gasteiger partial charge in [0.2, 0.25) is 0 Å². The maximum atomic E-state index is 11.7. The molecule has 4 heteroatoms. The Morgan fingerprint density at radius 2 is 2.06 bits per heavy atom. The molecule has 1 aliphatic rings. The Morgan fingerprint density at radius 1 is 1.22 bits per heavy atom. The summed E-state index contributed by atoms with van der Waals surface area (Å²) in [4.78, 5) is 13.8. The van der Waals surface area contributed by atoms with Crippen molar-refractivity contribution in [1.29, 1.82) is 0 Å². The fourth-order valence-corrected chi connectivity index (χ4v) is 1.92. The van der Waals surface area contributed by atoms with Crippen LogP contribution in [0.25, 0.3) is 0 Å². The van der Waals surface area contributed by atoms with Crippen LogP contribution in [0.2, 0.25) is 0 Å². The highest BCUT2D eigenvalue weighted by Gasteiger charge is 2.13. The van der Waals surface area contributed by atoms with Crippen LogP contribution in [0.5, 0.6) is 0 Å². The molecule has 0 N–H and O–H groups in total. The fourth-order valence-electron chi connectivity index (χ4n) is 1.92. The van der Waals surface area contributed by atoms with E-state index >= 15 is 0 Å². The molecule has 98 valence electrons.